The number of anilines is 1. The van der Waals surface area contributed by atoms with Gasteiger partial charge in [-0.2, -0.15) is 5.10 Å². The first-order chi connectivity index (χ1) is 11.5. The summed E-state index contributed by atoms with van der Waals surface area (Å²) >= 11 is 1.64. The van der Waals surface area contributed by atoms with E-state index in [2.05, 4.69) is 33.9 Å². The van der Waals surface area contributed by atoms with E-state index >= 15 is 0 Å². The largest absolute Gasteiger partial charge is 0.352 e. The minimum atomic E-state index is 0.184. The van der Waals surface area contributed by atoms with E-state index in [1.165, 1.54) is 0 Å². The molecule has 0 saturated carbocycles. The van der Waals surface area contributed by atoms with Crippen LogP contribution in [0.15, 0.2) is 18.3 Å². The fraction of sp³-hybridized carbons (Fsp3) is 0.529. The molecule has 2 aromatic rings. The summed E-state index contributed by atoms with van der Waals surface area (Å²) < 4.78 is 0. The van der Waals surface area contributed by atoms with E-state index in [1.54, 1.807) is 11.3 Å². The SMILES string of the molecule is Cc1ccc(N2CCN(C(=O)Cc3cnc(C(C)C)s3)CC2)nn1. The number of amides is 1. The Labute approximate surface area is 146 Å². The minimum Gasteiger partial charge on any atom is -0.352 e. The molecule has 1 aliphatic heterocycles. The third-order valence-electron chi connectivity index (χ3n) is 4.13. The van der Waals surface area contributed by atoms with Gasteiger partial charge in [0.25, 0.3) is 0 Å². The molecule has 0 radical (unpaired) electrons. The maximum Gasteiger partial charge on any atom is 0.228 e. The highest BCUT2D eigenvalue weighted by Gasteiger charge is 2.22. The highest BCUT2D eigenvalue weighted by molar-refractivity contribution is 7.11. The molecule has 0 spiro atoms. The van der Waals surface area contributed by atoms with Crippen molar-refractivity contribution in [3.05, 3.63) is 33.9 Å². The first kappa shape index (κ1) is 16.8. The van der Waals surface area contributed by atoms with Gasteiger partial charge in [0.2, 0.25) is 5.91 Å². The molecule has 0 atom stereocenters. The number of rotatable bonds is 4. The first-order valence-corrected chi connectivity index (χ1v) is 9.12. The van der Waals surface area contributed by atoms with Crippen molar-refractivity contribution in [1.82, 2.24) is 20.1 Å². The maximum absolute atomic E-state index is 12.5. The zero-order valence-corrected chi connectivity index (χ0v) is 15.2. The monoisotopic (exact) mass is 345 g/mol. The number of aromatic nitrogens is 3. The summed E-state index contributed by atoms with van der Waals surface area (Å²) in [5.41, 5.74) is 0.915. The Morgan fingerprint density at radius 3 is 2.54 bits per heavy atom. The standard InChI is InChI=1S/C17H23N5OS/c1-12(2)17-18-11-14(24-17)10-16(23)22-8-6-21(7-9-22)15-5-4-13(3)19-20-15/h4-5,11-12H,6-10H2,1-3H3. The molecule has 1 fully saturated rings. The lowest BCUT2D eigenvalue weighted by molar-refractivity contribution is -0.130. The number of thiazole rings is 1. The first-order valence-electron chi connectivity index (χ1n) is 8.30. The fourth-order valence-electron chi connectivity index (χ4n) is 2.68. The molecule has 128 valence electrons. The van der Waals surface area contributed by atoms with Crippen LogP contribution >= 0.6 is 11.3 Å². The van der Waals surface area contributed by atoms with Gasteiger partial charge in [0.05, 0.1) is 17.1 Å². The van der Waals surface area contributed by atoms with E-state index < -0.39 is 0 Å². The van der Waals surface area contributed by atoms with Gasteiger partial charge in [-0.3, -0.25) is 4.79 Å². The van der Waals surface area contributed by atoms with Gasteiger partial charge in [-0.1, -0.05) is 13.8 Å². The number of piperazine rings is 1. The summed E-state index contributed by atoms with van der Waals surface area (Å²) in [6, 6.07) is 3.96. The molecule has 2 aromatic heterocycles. The average molecular weight is 345 g/mol. The predicted octanol–water partition coefficient (Wildman–Crippen LogP) is 2.26. The van der Waals surface area contributed by atoms with Crippen molar-refractivity contribution in [2.24, 2.45) is 0 Å². The molecule has 0 aliphatic carbocycles. The Kier molecular flexibility index (Phi) is 5.08. The van der Waals surface area contributed by atoms with Crippen LogP contribution in [0.1, 0.15) is 35.3 Å². The molecule has 1 saturated heterocycles. The van der Waals surface area contributed by atoms with Crippen LogP contribution < -0.4 is 4.90 Å². The number of carbonyl (C=O) groups is 1. The third kappa shape index (κ3) is 3.90. The topological polar surface area (TPSA) is 62.2 Å². The summed E-state index contributed by atoms with van der Waals surface area (Å²) in [4.78, 5) is 22.1. The highest BCUT2D eigenvalue weighted by Crippen LogP contribution is 2.22. The van der Waals surface area contributed by atoms with Crippen molar-refractivity contribution < 1.29 is 4.79 Å². The van der Waals surface area contributed by atoms with E-state index in [0.29, 0.717) is 12.3 Å². The van der Waals surface area contributed by atoms with E-state index in [-0.39, 0.29) is 5.91 Å². The number of hydrogen-bond donors (Lipinski definition) is 0. The summed E-state index contributed by atoms with van der Waals surface area (Å²) in [7, 11) is 0. The lowest BCUT2D eigenvalue weighted by Crippen LogP contribution is -2.49. The average Bonchev–Trinajstić information content (AvgIpc) is 3.04. The van der Waals surface area contributed by atoms with Crippen LogP contribution in [0.3, 0.4) is 0 Å². The summed E-state index contributed by atoms with van der Waals surface area (Å²) in [6.07, 6.45) is 2.30. The number of nitrogens with zero attached hydrogens (tertiary/aromatic N) is 5. The predicted molar refractivity (Wildman–Crippen MR) is 95.5 cm³/mol. The Morgan fingerprint density at radius 1 is 1.21 bits per heavy atom. The van der Waals surface area contributed by atoms with Gasteiger partial charge in [-0.15, -0.1) is 16.4 Å². The van der Waals surface area contributed by atoms with Crippen molar-refractivity contribution in [3.63, 3.8) is 0 Å². The molecular formula is C17H23N5OS. The molecule has 3 heterocycles. The molecule has 1 aliphatic rings. The molecule has 0 aromatic carbocycles. The van der Waals surface area contributed by atoms with Crippen LogP contribution in [-0.2, 0) is 11.2 Å². The third-order valence-corrected chi connectivity index (χ3v) is 5.43. The Balaban J connectivity index is 1.53. The Morgan fingerprint density at radius 2 is 1.96 bits per heavy atom. The maximum atomic E-state index is 12.5. The van der Waals surface area contributed by atoms with Crippen LogP contribution in [0.5, 0.6) is 0 Å². The van der Waals surface area contributed by atoms with Gasteiger partial charge in [-0.05, 0) is 19.1 Å². The number of carbonyl (C=O) groups excluding carboxylic acids is 1. The van der Waals surface area contributed by atoms with Gasteiger partial charge >= 0.3 is 0 Å². The lowest BCUT2D eigenvalue weighted by Gasteiger charge is -2.35. The second kappa shape index (κ2) is 7.25. The van der Waals surface area contributed by atoms with Gasteiger partial charge in [0, 0.05) is 43.2 Å². The molecule has 0 N–H and O–H groups in total. The molecular weight excluding hydrogens is 322 g/mol. The van der Waals surface area contributed by atoms with E-state index in [9.17, 15) is 4.79 Å². The van der Waals surface area contributed by atoms with Gasteiger partial charge in [0.1, 0.15) is 0 Å². The number of hydrogen-bond acceptors (Lipinski definition) is 6. The Bertz CT molecular complexity index is 689. The van der Waals surface area contributed by atoms with Crippen LogP contribution in [0.25, 0.3) is 0 Å². The van der Waals surface area contributed by atoms with Gasteiger partial charge < -0.3 is 9.80 Å². The quantitative estimate of drug-likeness (QED) is 0.850. The van der Waals surface area contributed by atoms with E-state index in [0.717, 1.165) is 47.6 Å². The minimum absolute atomic E-state index is 0.184. The number of aryl methyl sites for hydroxylation is 1. The van der Waals surface area contributed by atoms with Crippen molar-refractivity contribution in [2.45, 2.75) is 33.1 Å². The van der Waals surface area contributed by atoms with Crippen molar-refractivity contribution >= 4 is 23.1 Å². The molecule has 7 heteroatoms. The fourth-order valence-corrected chi connectivity index (χ4v) is 3.59. The zero-order chi connectivity index (χ0) is 17.1. The molecule has 6 nitrogen and oxygen atoms in total. The van der Waals surface area contributed by atoms with Crippen LogP contribution in [0, 0.1) is 6.92 Å². The second-order valence-electron chi connectivity index (χ2n) is 6.40. The summed E-state index contributed by atoms with van der Waals surface area (Å²) in [5, 5.41) is 9.43. The molecule has 3 rings (SSSR count). The normalized spacial score (nSPS) is 15.2. The summed E-state index contributed by atoms with van der Waals surface area (Å²) in [6.45, 7) is 9.22. The van der Waals surface area contributed by atoms with Crippen LogP contribution in [0.4, 0.5) is 5.82 Å². The highest BCUT2D eigenvalue weighted by atomic mass is 32.1. The van der Waals surface area contributed by atoms with Crippen molar-refractivity contribution in [3.8, 4) is 0 Å². The lowest BCUT2D eigenvalue weighted by atomic mass is 10.2. The van der Waals surface area contributed by atoms with Gasteiger partial charge in [-0.25, -0.2) is 4.98 Å². The Hall–Kier alpha value is -2.02. The second-order valence-corrected chi connectivity index (χ2v) is 7.54. The molecule has 24 heavy (non-hydrogen) atoms. The van der Waals surface area contributed by atoms with Crippen molar-refractivity contribution in [1.29, 1.82) is 0 Å². The van der Waals surface area contributed by atoms with Gasteiger partial charge in [0.15, 0.2) is 5.82 Å². The smallest absolute Gasteiger partial charge is 0.228 e. The van der Waals surface area contributed by atoms with Crippen molar-refractivity contribution in [2.75, 3.05) is 31.1 Å². The van der Waals surface area contributed by atoms with E-state index in [4.69, 9.17) is 0 Å². The molecule has 1 amide bonds. The van der Waals surface area contributed by atoms with E-state index in [1.807, 2.05) is 30.2 Å². The summed E-state index contributed by atoms with van der Waals surface area (Å²) in [5.74, 6) is 1.48. The molecule has 0 unspecified atom stereocenters. The zero-order valence-electron chi connectivity index (χ0n) is 14.4. The van der Waals surface area contributed by atoms with Crippen LogP contribution in [-0.4, -0.2) is 52.2 Å². The molecule has 0 bridgehead atoms. The van der Waals surface area contributed by atoms with Crippen LogP contribution in [0.2, 0.25) is 0 Å².